The molecule has 0 fully saturated rings. The Morgan fingerprint density at radius 3 is 2.11 bits per heavy atom. The van der Waals surface area contributed by atoms with Crippen molar-refractivity contribution in [2.24, 2.45) is 0 Å². The standard InChI is InChI=1S/C16H13NOS/c18-10-16-17-15(11-19-16)14-8-6-13(7-9-14)12-4-2-1-3-5-12/h1-9,11,18H,10H2. The van der Waals surface area contributed by atoms with Crippen LogP contribution in [0, 0.1) is 0 Å². The molecule has 3 heteroatoms. The molecule has 0 saturated carbocycles. The summed E-state index contributed by atoms with van der Waals surface area (Å²) in [4.78, 5) is 4.37. The minimum Gasteiger partial charge on any atom is -0.389 e. The lowest BCUT2D eigenvalue weighted by Gasteiger charge is -2.02. The Bertz CT molecular complexity index is 659. The summed E-state index contributed by atoms with van der Waals surface area (Å²) in [5, 5.41) is 11.8. The predicted octanol–water partition coefficient (Wildman–Crippen LogP) is 3.97. The third-order valence-corrected chi connectivity index (χ3v) is 3.81. The van der Waals surface area contributed by atoms with Crippen LogP contribution >= 0.6 is 11.3 Å². The van der Waals surface area contributed by atoms with Crippen molar-refractivity contribution in [3.8, 4) is 22.4 Å². The van der Waals surface area contributed by atoms with E-state index in [0.29, 0.717) is 0 Å². The second-order valence-electron chi connectivity index (χ2n) is 4.23. The van der Waals surface area contributed by atoms with E-state index in [0.717, 1.165) is 16.3 Å². The van der Waals surface area contributed by atoms with E-state index < -0.39 is 0 Å². The molecule has 3 aromatic rings. The van der Waals surface area contributed by atoms with Crippen molar-refractivity contribution in [2.45, 2.75) is 6.61 Å². The van der Waals surface area contributed by atoms with Crippen LogP contribution in [0.2, 0.25) is 0 Å². The molecule has 0 radical (unpaired) electrons. The third-order valence-electron chi connectivity index (χ3n) is 2.97. The Hall–Kier alpha value is -1.97. The summed E-state index contributed by atoms with van der Waals surface area (Å²) in [5.41, 5.74) is 4.41. The van der Waals surface area contributed by atoms with Crippen molar-refractivity contribution in [3.05, 3.63) is 65.0 Å². The van der Waals surface area contributed by atoms with Gasteiger partial charge in [0.15, 0.2) is 0 Å². The summed E-state index contributed by atoms with van der Waals surface area (Å²) in [6.45, 7) is 0.00671. The highest BCUT2D eigenvalue weighted by Crippen LogP contribution is 2.25. The first kappa shape index (κ1) is 12.1. The number of aliphatic hydroxyl groups is 1. The van der Waals surface area contributed by atoms with Gasteiger partial charge in [0.05, 0.1) is 12.3 Å². The van der Waals surface area contributed by atoms with Crippen LogP contribution in [0.4, 0.5) is 0 Å². The van der Waals surface area contributed by atoms with Crippen LogP contribution in [0.15, 0.2) is 60.0 Å². The Kier molecular flexibility index (Phi) is 3.40. The van der Waals surface area contributed by atoms with Crippen molar-refractivity contribution in [1.29, 1.82) is 0 Å². The number of hydrogen-bond donors (Lipinski definition) is 1. The van der Waals surface area contributed by atoms with Gasteiger partial charge in [0.2, 0.25) is 0 Å². The molecule has 0 saturated heterocycles. The summed E-state index contributed by atoms with van der Waals surface area (Å²) in [6, 6.07) is 18.6. The third kappa shape index (κ3) is 2.57. The Morgan fingerprint density at radius 1 is 0.842 bits per heavy atom. The van der Waals surface area contributed by atoms with Crippen molar-refractivity contribution in [2.75, 3.05) is 0 Å². The molecule has 0 spiro atoms. The zero-order chi connectivity index (χ0) is 13.1. The lowest BCUT2D eigenvalue weighted by Crippen LogP contribution is -1.83. The Labute approximate surface area is 116 Å². The maximum Gasteiger partial charge on any atom is 0.119 e. The maximum absolute atomic E-state index is 9.04. The molecule has 0 atom stereocenters. The molecule has 0 unspecified atom stereocenters. The average Bonchev–Trinajstić information content (AvgIpc) is 2.97. The number of thiazole rings is 1. The van der Waals surface area contributed by atoms with Crippen molar-refractivity contribution in [3.63, 3.8) is 0 Å². The highest BCUT2D eigenvalue weighted by Gasteiger charge is 2.04. The van der Waals surface area contributed by atoms with Gasteiger partial charge in [-0.15, -0.1) is 11.3 Å². The lowest BCUT2D eigenvalue weighted by molar-refractivity contribution is 0.281. The summed E-state index contributed by atoms with van der Waals surface area (Å²) in [6.07, 6.45) is 0. The SMILES string of the molecule is OCc1nc(-c2ccc(-c3ccccc3)cc2)cs1. The number of aromatic nitrogens is 1. The topological polar surface area (TPSA) is 33.1 Å². The van der Waals surface area contributed by atoms with Crippen LogP contribution in [-0.4, -0.2) is 10.1 Å². The fraction of sp³-hybridized carbons (Fsp3) is 0.0625. The number of benzene rings is 2. The molecule has 3 rings (SSSR count). The maximum atomic E-state index is 9.04. The summed E-state index contributed by atoms with van der Waals surface area (Å²) < 4.78 is 0. The zero-order valence-electron chi connectivity index (χ0n) is 10.3. The fourth-order valence-electron chi connectivity index (χ4n) is 1.98. The van der Waals surface area contributed by atoms with Gasteiger partial charge in [-0.3, -0.25) is 0 Å². The summed E-state index contributed by atoms with van der Waals surface area (Å²) >= 11 is 1.48. The molecular formula is C16H13NOS. The smallest absolute Gasteiger partial charge is 0.119 e. The van der Waals surface area contributed by atoms with Gasteiger partial charge >= 0.3 is 0 Å². The molecule has 1 heterocycles. The van der Waals surface area contributed by atoms with Crippen LogP contribution < -0.4 is 0 Å². The van der Waals surface area contributed by atoms with Crippen LogP contribution in [0.3, 0.4) is 0 Å². The van der Waals surface area contributed by atoms with E-state index in [9.17, 15) is 0 Å². The quantitative estimate of drug-likeness (QED) is 0.779. The van der Waals surface area contributed by atoms with Crippen LogP contribution in [0.5, 0.6) is 0 Å². The Balaban J connectivity index is 1.90. The second-order valence-corrected chi connectivity index (χ2v) is 5.17. The molecule has 1 N–H and O–H groups in total. The van der Waals surface area contributed by atoms with Gasteiger partial charge in [0.1, 0.15) is 5.01 Å². The number of nitrogens with zero attached hydrogens (tertiary/aromatic N) is 1. The molecule has 0 aliphatic rings. The first-order valence-corrected chi connectivity index (χ1v) is 6.96. The van der Waals surface area contributed by atoms with E-state index in [-0.39, 0.29) is 6.61 Å². The lowest BCUT2D eigenvalue weighted by atomic mass is 10.0. The summed E-state index contributed by atoms with van der Waals surface area (Å²) in [5.74, 6) is 0. The van der Waals surface area contributed by atoms with E-state index in [2.05, 4.69) is 41.4 Å². The monoisotopic (exact) mass is 267 g/mol. The number of rotatable bonds is 3. The van der Waals surface area contributed by atoms with Crippen molar-refractivity contribution >= 4 is 11.3 Å². The molecule has 2 nitrogen and oxygen atoms in total. The Morgan fingerprint density at radius 2 is 1.47 bits per heavy atom. The molecule has 0 aliphatic carbocycles. The van der Waals surface area contributed by atoms with Gasteiger partial charge in [0, 0.05) is 10.9 Å². The first-order chi connectivity index (χ1) is 9.36. The van der Waals surface area contributed by atoms with Crippen LogP contribution in [0.25, 0.3) is 22.4 Å². The first-order valence-electron chi connectivity index (χ1n) is 6.08. The van der Waals surface area contributed by atoms with Crippen LogP contribution in [0.1, 0.15) is 5.01 Å². The minimum atomic E-state index is 0.00671. The van der Waals surface area contributed by atoms with E-state index in [1.807, 2.05) is 23.6 Å². The molecule has 19 heavy (non-hydrogen) atoms. The molecular weight excluding hydrogens is 254 g/mol. The van der Waals surface area contributed by atoms with Gasteiger partial charge in [-0.1, -0.05) is 54.6 Å². The minimum absolute atomic E-state index is 0.00671. The van der Waals surface area contributed by atoms with Gasteiger partial charge in [0.25, 0.3) is 0 Å². The average molecular weight is 267 g/mol. The van der Waals surface area contributed by atoms with E-state index >= 15 is 0 Å². The molecule has 2 aromatic carbocycles. The van der Waals surface area contributed by atoms with E-state index in [4.69, 9.17) is 5.11 Å². The van der Waals surface area contributed by atoms with E-state index in [1.54, 1.807) is 0 Å². The second kappa shape index (κ2) is 5.34. The number of hydrogen-bond acceptors (Lipinski definition) is 3. The zero-order valence-corrected chi connectivity index (χ0v) is 11.1. The van der Waals surface area contributed by atoms with Crippen molar-refractivity contribution < 1.29 is 5.11 Å². The molecule has 1 aromatic heterocycles. The molecule has 94 valence electrons. The predicted molar refractivity (Wildman–Crippen MR) is 78.9 cm³/mol. The fourth-order valence-corrected chi connectivity index (χ4v) is 2.64. The van der Waals surface area contributed by atoms with Gasteiger partial charge in [-0.2, -0.15) is 0 Å². The normalized spacial score (nSPS) is 10.6. The highest BCUT2D eigenvalue weighted by molar-refractivity contribution is 7.09. The highest BCUT2D eigenvalue weighted by atomic mass is 32.1. The molecule has 0 amide bonds. The van der Waals surface area contributed by atoms with E-state index in [1.165, 1.54) is 22.5 Å². The van der Waals surface area contributed by atoms with Gasteiger partial charge < -0.3 is 5.11 Å². The number of aliphatic hydroxyl groups excluding tert-OH is 1. The van der Waals surface area contributed by atoms with Crippen LogP contribution in [-0.2, 0) is 6.61 Å². The van der Waals surface area contributed by atoms with Crippen molar-refractivity contribution in [1.82, 2.24) is 4.98 Å². The summed E-state index contributed by atoms with van der Waals surface area (Å²) in [7, 11) is 0. The van der Waals surface area contributed by atoms with Gasteiger partial charge in [-0.25, -0.2) is 4.98 Å². The largest absolute Gasteiger partial charge is 0.389 e. The van der Waals surface area contributed by atoms with Gasteiger partial charge in [-0.05, 0) is 11.1 Å². The molecule has 0 aliphatic heterocycles. The molecule has 0 bridgehead atoms.